The number of benzene rings is 1. The molecule has 0 bridgehead atoms. The molecule has 0 spiro atoms. The number of aliphatic hydroxyl groups excluding tert-OH is 1. The van der Waals surface area contributed by atoms with Crippen LogP contribution in [0.3, 0.4) is 0 Å². The second kappa shape index (κ2) is 6.21. The highest BCUT2D eigenvalue weighted by molar-refractivity contribution is 5.94. The van der Waals surface area contributed by atoms with Crippen molar-refractivity contribution in [2.75, 3.05) is 6.61 Å². The lowest BCUT2D eigenvalue weighted by Crippen LogP contribution is -2.41. The summed E-state index contributed by atoms with van der Waals surface area (Å²) in [6, 6.07) is 1.44. The predicted octanol–water partition coefficient (Wildman–Crippen LogP) is 2.59. The molecule has 0 aliphatic heterocycles. The highest BCUT2D eigenvalue weighted by atomic mass is 19.4. The van der Waals surface area contributed by atoms with Crippen molar-refractivity contribution < 1.29 is 27.5 Å². The molecule has 1 aromatic rings. The smallest absolute Gasteiger partial charge is 0.394 e. The van der Waals surface area contributed by atoms with Crippen molar-refractivity contribution in [1.29, 1.82) is 0 Å². The van der Waals surface area contributed by atoms with Crippen LogP contribution in [0.25, 0.3) is 0 Å². The lowest BCUT2D eigenvalue weighted by Gasteiger charge is -2.20. The topological polar surface area (TPSA) is 49.3 Å². The maximum Gasteiger partial charge on any atom is 0.419 e. The van der Waals surface area contributed by atoms with Crippen molar-refractivity contribution in [1.82, 2.24) is 5.32 Å². The van der Waals surface area contributed by atoms with Gasteiger partial charge in [0.05, 0.1) is 18.2 Å². The Morgan fingerprint density at radius 2 is 1.95 bits per heavy atom. The SMILES string of the molecule is CC(C)[C@@H](CO)NC(=O)c1ccc(F)c(C(F)(F)F)c1. The monoisotopic (exact) mass is 293 g/mol. The summed E-state index contributed by atoms with van der Waals surface area (Å²) in [7, 11) is 0. The number of aliphatic hydroxyl groups is 1. The summed E-state index contributed by atoms with van der Waals surface area (Å²) in [6.45, 7) is 3.15. The molecular formula is C13H15F4NO2. The van der Waals surface area contributed by atoms with Crippen molar-refractivity contribution in [3.8, 4) is 0 Å². The Kier molecular flexibility index (Phi) is 5.10. The van der Waals surface area contributed by atoms with Gasteiger partial charge in [0.15, 0.2) is 0 Å². The lowest BCUT2D eigenvalue weighted by molar-refractivity contribution is -0.140. The van der Waals surface area contributed by atoms with E-state index in [1.54, 1.807) is 13.8 Å². The number of hydrogen-bond acceptors (Lipinski definition) is 2. The van der Waals surface area contributed by atoms with Crippen LogP contribution < -0.4 is 5.32 Å². The summed E-state index contributed by atoms with van der Waals surface area (Å²) >= 11 is 0. The average molecular weight is 293 g/mol. The Morgan fingerprint density at radius 3 is 2.40 bits per heavy atom. The molecule has 0 fully saturated rings. The Labute approximate surface area is 113 Å². The third kappa shape index (κ3) is 3.93. The molecule has 1 amide bonds. The van der Waals surface area contributed by atoms with Gasteiger partial charge in [-0.2, -0.15) is 13.2 Å². The first-order valence-electron chi connectivity index (χ1n) is 5.95. The predicted molar refractivity (Wildman–Crippen MR) is 64.6 cm³/mol. The van der Waals surface area contributed by atoms with Gasteiger partial charge in [-0.1, -0.05) is 13.8 Å². The molecule has 3 nitrogen and oxygen atoms in total. The first kappa shape index (κ1) is 16.4. The molecule has 1 aromatic carbocycles. The first-order chi connectivity index (χ1) is 9.16. The highest BCUT2D eigenvalue weighted by Gasteiger charge is 2.34. The number of rotatable bonds is 4. The van der Waals surface area contributed by atoms with E-state index in [9.17, 15) is 22.4 Å². The summed E-state index contributed by atoms with van der Waals surface area (Å²) in [5.41, 5.74) is -1.80. The number of hydrogen-bond donors (Lipinski definition) is 2. The molecule has 20 heavy (non-hydrogen) atoms. The molecule has 2 N–H and O–H groups in total. The molecule has 0 aliphatic rings. The normalized spacial score (nSPS) is 13.4. The van der Waals surface area contributed by atoms with Gasteiger partial charge in [0.25, 0.3) is 5.91 Å². The van der Waals surface area contributed by atoms with Gasteiger partial charge < -0.3 is 10.4 Å². The van der Waals surface area contributed by atoms with Crippen molar-refractivity contribution in [2.45, 2.75) is 26.1 Å². The van der Waals surface area contributed by atoms with Crippen LogP contribution in [-0.4, -0.2) is 23.7 Å². The van der Waals surface area contributed by atoms with Gasteiger partial charge in [-0.25, -0.2) is 4.39 Å². The Bertz CT molecular complexity index is 486. The maximum atomic E-state index is 13.1. The molecule has 1 rings (SSSR count). The van der Waals surface area contributed by atoms with Gasteiger partial charge in [0, 0.05) is 5.56 Å². The highest BCUT2D eigenvalue weighted by Crippen LogP contribution is 2.31. The molecule has 0 aliphatic carbocycles. The molecule has 0 radical (unpaired) electrons. The second-order valence-electron chi connectivity index (χ2n) is 4.70. The molecule has 1 atom stereocenters. The molecule has 0 saturated carbocycles. The van der Waals surface area contributed by atoms with Crippen LogP contribution >= 0.6 is 0 Å². The van der Waals surface area contributed by atoms with E-state index in [1.165, 1.54) is 0 Å². The zero-order valence-corrected chi connectivity index (χ0v) is 11.0. The van der Waals surface area contributed by atoms with Crippen LogP contribution in [0.5, 0.6) is 0 Å². The van der Waals surface area contributed by atoms with Crippen LogP contribution in [0.2, 0.25) is 0 Å². The molecule has 0 unspecified atom stereocenters. The van der Waals surface area contributed by atoms with E-state index < -0.39 is 29.5 Å². The second-order valence-corrected chi connectivity index (χ2v) is 4.70. The van der Waals surface area contributed by atoms with Crippen LogP contribution in [0, 0.1) is 11.7 Å². The minimum atomic E-state index is -4.87. The lowest BCUT2D eigenvalue weighted by atomic mass is 10.0. The maximum absolute atomic E-state index is 13.1. The van der Waals surface area contributed by atoms with Gasteiger partial charge in [-0.3, -0.25) is 4.79 Å². The zero-order chi connectivity index (χ0) is 15.5. The number of amides is 1. The van der Waals surface area contributed by atoms with Gasteiger partial charge in [0.2, 0.25) is 0 Å². The third-order valence-electron chi connectivity index (χ3n) is 2.85. The van der Waals surface area contributed by atoms with Gasteiger partial charge >= 0.3 is 6.18 Å². The fourth-order valence-electron chi connectivity index (χ4n) is 1.56. The number of alkyl halides is 3. The number of halogens is 4. The van der Waals surface area contributed by atoms with E-state index in [0.29, 0.717) is 12.1 Å². The minimum Gasteiger partial charge on any atom is -0.394 e. The van der Waals surface area contributed by atoms with E-state index in [0.717, 1.165) is 6.07 Å². The summed E-state index contributed by atoms with van der Waals surface area (Å²) in [4.78, 5) is 11.8. The van der Waals surface area contributed by atoms with Gasteiger partial charge in [-0.15, -0.1) is 0 Å². The van der Waals surface area contributed by atoms with Crippen molar-refractivity contribution in [3.63, 3.8) is 0 Å². The van der Waals surface area contributed by atoms with Crippen molar-refractivity contribution in [2.24, 2.45) is 5.92 Å². The Morgan fingerprint density at radius 1 is 1.35 bits per heavy atom. The van der Waals surface area contributed by atoms with Gasteiger partial charge in [0.1, 0.15) is 5.82 Å². The van der Waals surface area contributed by atoms with E-state index in [1.807, 2.05) is 0 Å². The molecule has 112 valence electrons. The van der Waals surface area contributed by atoms with E-state index in [4.69, 9.17) is 5.11 Å². The Hall–Kier alpha value is -1.63. The van der Waals surface area contributed by atoms with Crippen LogP contribution in [-0.2, 0) is 6.18 Å². The molecule has 7 heteroatoms. The van der Waals surface area contributed by atoms with Crippen LogP contribution in [0.4, 0.5) is 17.6 Å². The number of carbonyl (C=O) groups is 1. The van der Waals surface area contributed by atoms with Crippen LogP contribution in [0.15, 0.2) is 18.2 Å². The summed E-state index contributed by atoms with van der Waals surface area (Å²) in [6.07, 6.45) is -4.87. The fraction of sp³-hybridized carbons (Fsp3) is 0.462. The summed E-state index contributed by atoms with van der Waals surface area (Å²) in [5.74, 6) is -2.31. The Balaban J connectivity index is 3.00. The van der Waals surface area contributed by atoms with E-state index in [2.05, 4.69) is 5.32 Å². The number of nitrogens with one attached hydrogen (secondary N) is 1. The summed E-state index contributed by atoms with van der Waals surface area (Å²) in [5, 5.41) is 11.5. The molecule has 0 aromatic heterocycles. The first-order valence-corrected chi connectivity index (χ1v) is 5.95. The van der Waals surface area contributed by atoms with Gasteiger partial charge in [-0.05, 0) is 24.1 Å². The zero-order valence-electron chi connectivity index (χ0n) is 11.0. The standard InChI is InChI=1S/C13H15F4NO2/c1-7(2)11(6-19)18-12(20)8-3-4-10(14)9(5-8)13(15,16)17/h3-5,7,11,19H,6H2,1-2H3,(H,18,20)/t11-/m1/s1. The molecule has 0 saturated heterocycles. The molecule has 0 heterocycles. The summed E-state index contributed by atoms with van der Waals surface area (Å²) < 4.78 is 50.7. The third-order valence-corrected chi connectivity index (χ3v) is 2.85. The average Bonchev–Trinajstić information content (AvgIpc) is 2.34. The van der Waals surface area contributed by atoms with Crippen molar-refractivity contribution >= 4 is 5.91 Å². The van der Waals surface area contributed by atoms with E-state index in [-0.39, 0.29) is 18.1 Å². The van der Waals surface area contributed by atoms with Crippen molar-refractivity contribution in [3.05, 3.63) is 35.1 Å². The van der Waals surface area contributed by atoms with Crippen LogP contribution in [0.1, 0.15) is 29.8 Å². The largest absolute Gasteiger partial charge is 0.419 e. The fourth-order valence-corrected chi connectivity index (χ4v) is 1.56. The number of carbonyl (C=O) groups excluding carboxylic acids is 1. The molecular weight excluding hydrogens is 278 g/mol. The quantitative estimate of drug-likeness (QED) is 0.838. The minimum absolute atomic E-state index is 0.0912. The van der Waals surface area contributed by atoms with E-state index >= 15 is 0 Å².